The molecular weight excluding hydrogens is 395 g/mol. The van der Waals surface area contributed by atoms with Crippen molar-refractivity contribution in [3.63, 3.8) is 0 Å². The Hall–Kier alpha value is -1.64. The van der Waals surface area contributed by atoms with Gasteiger partial charge in [0.25, 0.3) is 0 Å². The summed E-state index contributed by atoms with van der Waals surface area (Å²) in [5.74, 6) is 2.19. The van der Waals surface area contributed by atoms with E-state index >= 15 is 0 Å². The minimum atomic E-state index is -1.04. The molecule has 0 bridgehead atoms. The van der Waals surface area contributed by atoms with Crippen LogP contribution in [-0.2, 0) is 0 Å². The summed E-state index contributed by atoms with van der Waals surface area (Å²) in [6.07, 6.45) is 4.65. The van der Waals surface area contributed by atoms with Gasteiger partial charge in [0.2, 0.25) is 0 Å². The number of nitrogens with zero attached hydrogens (tertiary/aromatic N) is 2. The second kappa shape index (κ2) is 9.34. The lowest BCUT2D eigenvalue weighted by Gasteiger charge is -2.02. The molecular formula is C18H26BBrN4O2. The molecule has 2 heterocycles. The van der Waals surface area contributed by atoms with Gasteiger partial charge < -0.3 is 21.5 Å². The highest BCUT2D eigenvalue weighted by molar-refractivity contribution is 9.10. The van der Waals surface area contributed by atoms with E-state index in [0.29, 0.717) is 11.6 Å². The van der Waals surface area contributed by atoms with Crippen LogP contribution in [0.4, 0.5) is 11.6 Å². The Morgan fingerprint density at radius 3 is 1.81 bits per heavy atom. The molecule has 0 radical (unpaired) electrons. The Balaban J connectivity index is 0.000000147. The molecule has 2 aliphatic carbocycles. The molecule has 140 valence electrons. The number of rotatable bonds is 2. The molecule has 0 saturated heterocycles. The minimum absolute atomic E-state index is 0.213. The molecule has 0 aromatic carbocycles. The number of anilines is 2. The van der Waals surface area contributed by atoms with Gasteiger partial charge in [0.05, 0.1) is 5.69 Å². The van der Waals surface area contributed by atoms with E-state index < -0.39 is 7.12 Å². The van der Waals surface area contributed by atoms with Gasteiger partial charge in [-0.15, -0.1) is 0 Å². The summed E-state index contributed by atoms with van der Waals surface area (Å²) < 4.78 is 0.997. The second-order valence-electron chi connectivity index (χ2n) is 6.74. The standard InChI is InChI=1S/C9H12N2.C6H7BrN2.C3H7BO2/c1-6-8(7-2-3-7)4-5-9(10)11-6;1-4-5(7)2-3-6(8)9-4;5-4(6)3-1-2-3/h4-5,7H,2-3H2,1H3,(H2,10,11);2-3H,1H3,(H2,8,9);3,5-6H,1-2H2. The van der Waals surface area contributed by atoms with Crippen molar-refractivity contribution in [2.75, 3.05) is 11.5 Å². The highest BCUT2D eigenvalue weighted by Gasteiger charge is 2.33. The smallest absolute Gasteiger partial charge is 0.427 e. The Morgan fingerprint density at radius 1 is 0.923 bits per heavy atom. The molecule has 0 unspecified atom stereocenters. The van der Waals surface area contributed by atoms with Crippen molar-refractivity contribution in [1.29, 1.82) is 0 Å². The van der Waals surface area contributed by atoms with Crippen LogP contribution in [0, 0.1) is 13.8 Å². The van der Waals surface area contributed by atoms with E-state index in [1.807, 2.05) is 26.0 Å². The van der Waals surface area contributed by atoms with Gasteiger partial charge in [-0.05, 0) is 78.1 Å². The second-order valence-corrected chi connectivity index (χ2v) is 7.59. The van der Waals surface area contributed by atoms with Gasteiger partial charge in [-0.1, -0.05) is 18.9 Å². The summed E-state index contributed by atoms with van der Waals surface area (Å²) in [5.41, 5.74) is 14.4. The average Bonchev–Trinajstić information content (AvgIpc) is 3.45. The first kappa shape index (κ1) is 20.7. The summed E-state index contributed by atoms with van der Waals surface area (Å²) in [6, 6.07) is 7.64. The van der Waals surface area contributed by atoms with Gasteiger partial charge >= 0.3 is 7.12 Å². The molecule has 2 fully saturated rings. The zero-order chi connectivity index (χ0) is 19.3. The maximum Gasteiger partial charge on any atom is 0.454 e. The van der Waals surface area contributed by atoms with Crippen LogP contribution in [0.3, 0.4) is 0 Å². The van der Waals surface area contributed by atoms with Crippen LogP contribution in [0.25, 0.3) is 0 Å². The number of nitrogens with two attached hydrogens (primary N) is 2. The number of nitrogen functional groups attached to an aromatic ring is 2. The Labute approximate surface area is 163 Å². The lowest BCUT2D eigenvalue weighted by molar-refractivity contribution is 0.403. The maximum absolute atomic E-state index is 8.25. The third-order valence-electron chi connectivity index (χ3n) is 4.25. The summed E-state index contributed by atoms with van der Waals surface area (Å²) in [5, 5.41) is 16.5. The van der Waals surface area contributed by atoms with Crippen LogP contribution in [0.1, 0.15) is 48.6 Å². The number of aryl methyl sites for hydroxylation is 2. The van der Waals surface area contributed by atoms with E-state index in [1.54, 1.807) is 6.07 Å². The molecule has 6 nitrogen and oxygen atoms in total. The van der Waals surface area contributed by atoms with E-state index in [4.69, 9.17) is 21.5 Å². The van der Waals surface area contributed by atoms with Crippen LogP contribution >= 0.6 is 15.9 Å². The third kappa shape index (κ3) is 6.94. The first-order chi connectivity index (χ1) is 12.3. The normalized spacial score (nSPS) is 15.3. The molecule has 0 atom stereocenters. The molecule has 2 aliphatic rings. The largest absolute Gasteiger partial charge is 0.454 e. The molecule has 2 saturated carbocycles. The lowest BCUT2D eigenvalue weighted by Crippen LogP contribution is -2.09. The zero-order valence-electron chi connectivity index (χ0n) is 15.2. The van der Waals surface area contributed by atoms with Gasteiger partial charge in [-0.3, -0.25) is 0 Å². The van der Waals surface area contributed by atoms with Crippen LogP contribution < -0.4 is 11.5 Å². The molecule has 2 aromatic rings. The Morgan fingerprint density at radius 2 is 1.46 bits per heavy atom. The third-order valence-corrected chi connectivity index (χ3v) is 5.09. The van der Waals surface area contributed by atoms with Crippen LogP contribution in [0.15, 0.2) is 28.7 Å². The highest BCUT2D eigenvalue weighted by Crippen LogP contribution is 2.41. The molecule has 8 heteroatoms. The molecule has 26 heavy (non-hydrogen) atoms. The van der Waals surface area contributed by atoms with Crippen LogP contribution in [0.2, 0.25) is 5.82 Å². The topological polar surface area (TPSA) is 118 Å². The van der Waals surface area contributed by atoms with Crippen LogP contribution in [-0.4, -0.2) is 27.1 Å². The number of pyridine rings is 2. The van der Waals surface area contributed by atoms with E-state index in [1.165, 1.54) is 18.4 Å². The monoisotopic (exact) mass is 420 g/mol. The van der Waals surface area contributed by atoms with Gasteiger partial charge in [0.1, 0.15) is 11.6 Å². The Bertz CT molecular complexity index is 737. The van der Waals surface area contributed by atoms with Gasteiger partial charge in [-0.25, -0.2) is 9.97 Å². The predicted molar refractivity (Wildman–Crippen MR) is 110 cm³/mol. The quantitative estimate of drug-likeness (QED) is 0.554. The van der Waals surface area contributed by atoms with Crippen molar-refractivity contribution in [1.82, 2.24) is 9.97 Å². The molecule has 0 aliphatic heterocycles. The number of hydrogen-bond acceptors (Lipinski definition) is 6. The summed E-state index contributed by atoms with van der Waals surface area (Å²) in [7, 11) is -1.04. The lowest BCUT2D eigenvalue weighted by atomic mass is 9.84. The van der Waals surface area contributed by atoms with Gasteiger partial charge in [-0.2, -0.15) is 0 Å². The number of hydrogen-bond donors (Lipinski definition) is 4. The zero-order valence-corrected chi connectivity index (χ0v) is 16.8. The van der Waals surface area contributed by atoms with Gasteiger partial charge in [0, 0.05) is 10.2 Å². The van der Waals surface area contributed by atoms with Crippen molar-refractivity contribution in [3.05, 3.63) is 45.7 Å². The molecule has 4 rings (SSSR count). The average molecular weight is 421 g/mol. The van der Waals surface area contributed by atoms with Crippen molar-refractivity contribution in [2.24, 2.45) is 0 Å². The van der Waals surface area contributed by atoms with Gasteiger partial charge in [0.15, 0.2) is 0 Å². The predicted octanol–water partition coefficient (Wildman–Crippen LogP) is 3.21. The van der Waals surface area contributed by atoms with Crippen molar-refractivity contribution in [2.45, 2.75) is 51.3 Å². The minimum Gasteiger partial charge on any atom is -0.427 e. The van der Waals surface area contributed by atoms with Crippen molar-refractivity contribution >= 4 is 34.7 Å². The Kier molecular flexibility index (Phi) is 7.43. The maximum atomic E-state index is 8.25. The molecule has 2 aromatic heterocycles. The van der Waals surface area contributed by atoms with Crippen molar-refractivity contribution in [3.8, 4) is 0 Å². The SMILES string of the molecule is Cc1nc(N)ccc1Br.Cc1nc(N)ccc1C1CC1.OB(O)C1CC1. The van der Waals surface area contributed by atoms with E-state index in [2.05, 4.69) is 32.0 Å². The van der Waals surface area contributed by atoms with E-state index in [0.717, 1.165) is 34.6 Å². The number of halogens is 1. The van der Waals surface area contributed by atoms with E-state index in [-0.39, 0.29) is 5.82 Å². The van der Waals surface area contributed by atoms with Crippen LogP contribution in [0.5, 0.6) is 0 Å². The molecule has 0 amide bonds. The highest BCUT2D eigenvalue weighted by atomic mass is 79.9. The molecule has 0 spiro atoms. The summed E-state index contributed by atoms with van der Waals surface area (Å²) >= 11 is 3.31. The fourth-order valence-electron chi connectivity index (χ4n) is 2.37. The number of aromatic nitrogens is 2. The first-order valence-corrected chi connectivity index (χ1v) is 9.55. The van der Waals surface area contributed by atoms with E-state index in [9.17, 15) is 0 Å². The van der Waals surface area contributed by atoms with Crippen molar-refractivity contribution < 1.29 is 10.0 Å². The summed E-state index contributed by atoms with van der Waals surface area (Å²) in [4.78, 5) is 8.22. The first-order valence-electron chi connectivity index (χ1n) is 8.75. The summed E-state index contributed by atoms with van der Waals surface area (Å²) in [6.45, 7) is 3.93. The fourth-order valence-corrected chi connectivity index (χ4v) is 2.60. The molecule has 6 N–H and O–H groups in total. The fraction of sp³-hybridized carbons (Fsp3) is 0.444.